The Hall–Kier alpha value is -1.86. The molecule has 0 fully saturated rings. The minimum Gasteiger partial charge on any atom is -0.493 e. The molecule has 0 aliphatic heterocycles. The number of benzene rings is 1. The first-order chi connectivity index (χ1) is 12.0. The molecule has 0 saturated carbocycles. The molecule has 25 heavy (non-hydrogen) atoms. The number of carbonyl (C=O) groups is 2. The van der Waals surface area contributed by atoms with Crippen LogP contribution >= 0.6 is 23.4 Å². The van der Waals surface area contributed by atoms with Gasteiger partial charge in [0, 0.05) is 6.08 Å². The molecule has 0 aromatic heterocycles. The molecule has 6 nitrogen and oxygen atoms in total. The maximum atomic E-state index is 12.1. The largest absolute Gasteiger partial charge is 0.493 e. The number of rotatable bonds is 9. The molecule has 138 valence electrons. The van der Waals surface area contributed by atoms with Crippen LogP contribution in [0.25, 0.3) is 6.08 Å². The summed E-state index contributed by atoms with van der Waals surface area (Å²) >= 11 is 7.71. The van der Waals surface area contributed by atoms with Gasteiger partial charge < -0.3 is 19.5 Å². The summed E-state index contributed by atoms with van der Waals surface area (Å²) in [6.45, 7) is 0. The van der Waals surface area contributed by atoms with E-state index in [4.69, 9.17) is 25.8 Å². The van der Waals surface area contributed by atoms with E-state index in [2.05, 4.69) is 5.32 Å². The summed E-state index contributed by atoms with van der Waals surface area (Å²) in [6.07, 6.45) is 5.32. The van der Waals surface area contributed by atoms with Crippen LogP contribution in [0.5, 0.6) is 11.5 Å². The Morgan fingerprint density at radius 3 is 2.56 bits per heavy atom. The van der Waals surface area contributed by atoms with E-state index in [1.165, 1.54) is 27.4 Å². The van der Waals surface area contributed by atoms with E-state index in [1.807, 2.05) is 6.26 Å². The predicted octanol–water partition coefficient (Wildman–Crippen LogP) is 2.78. The highest BCUT2D eigenvalue weighted by Crippen LogP contribution is 2.36. The second-order valence-electron chi connectivity index (χ2n) is 4.94. The van der Waals surface area contributed by atoms with Crippen molar-refractivity contribution in [2.75, 3.05) is 33.3 Å². The highest BCUT2D eigenvalue weighted by molar-refractivity contribution is 7.98. The summed E-state index contributed by atoms with van der Waals surface area (Å²) in [5.41, 5.74) is 0.663. The number of amides is 1. The predicted molar refractivity (Wildman–Crippen MR) is 101 cm³/mol. The number of carbonyl (C=O) groups excluding carboxylic acids is 2. The second-order valence-corrected chi connectivity index (χ2v) is 6.33. The van der Waals surface area contributed by atoms with Crippen LogP contribution in [0.3, 0.4) is 0 Å². The Morgan fingerprint density at radius 1 is 1.28 bits per heavy atom. The van der Waals surface area contributed by atoms with Crippen molar-refractivity contribution in [2.24, 2.45) is 0 Å². The van der Waals surface area contributed by atoms with E-state index in [0.717, 1.165) is 5.75 Å². The van der Waals surface area contributed by atoms with Gasteiger partial charge >= 0.3 is 5.97 Å². The molecule has 1 atom stereocenters. The van der Waals surface area contributed by atoms with Crippen LogP contribution in [0.4, 0.5) is 0 Å². The monoisotopic (exact) mass is 387 g/mol. The van der Waals surface area contributed by atoms with Gasteiger partial charge in [0.15, 0.2) is 11.5 Å². The SMILES string of the molecule is COC(=O)[C@H](CCSC)NC(=O)/C=C/c1cc(Cl)c(OC)c(OC)c1. The highest BCUT2D eigenvalue weighted by atomic mass is 35.5. The van der Waals surface area contributed by atoms with Crippen LogP contribution in [0.1, 0.15) is 12.0 Å². The zero-order valence-electron chi connectivity index (χ0n) is 14.6. The summed E-state index contributed by atoms with van der Waals surface area (Å²) in [6, 6.07) is 2.67. The van der Waals surface area contributed by atoms with Crippen molar-refractivity contribution in [3.05, 3.63) is 28.8 Å². The number of ether oxygens (including phenoxy) is 3. The lowest BCUT2D eigenvalue weighted by atomic mass is 10.1. The number of esters is 1. The highest BCUT2D eigenvalue weighted by Gasteiger charge is 2.20. The van der Waals surface area contributed by atoms with Gasteiger partial charge in [-0.3, -0.25) is 4.79 Å². The van der Waals surface area contributed by atoms with Crippen molar-refractivity contribution in [1.29, 1.82) is 0 Å². The summed E-state index contributed by atoms with van der Waals surface area (Å²) in [4.78, 5) is 23.8. The Bertz CT molecular complexity index is 636. The van der Waals surface area contributed by atoms with Crippen molar-refractivity contribution < 1.29 is 23.8 Å². The molecule has 0 aliphatic rings. The third kappa shape index (κ3) is 6.51. The van der Waals surface area contributed by atoms with Crippen molar-refractivity contribution in [3.8, 4) is 11.5 Å². The molecule has 0 aliphatic carbocycles. The van der Waals surface area contributed by atoms with Crippen molar-refractivity contribution in [1.82, 2.24) is 5.32 Å². The molecule has 0 unspecified atom stereocenters. The first kappa shape index (κ1) is 21.2. The minimum atomic E-state index is -0.677. The van der Waals surface area contributed by atoms with Gasteiger partial charge in [-0.15, -0.1) is 0 Å². The van der Waals surface area contributed by atoms with E-state index in [-0.39, 0.29) is 0 Å². The molecule has 0 spiro atoms. The van der Waals surface area contributed by atoms with E-state index in [0.29, 0.717) is 28.5 Å². The zero-order valence-corrected chi connectivity index (χ0v) is 16.2. The van der Waals surface area contributed by atoms with Gasteiger partial charge in [-0.2, -0.15) is 11.8 Å². The maximum absolute atomic E-state index is 12.1. The lowest BCUT2D eigenvalue weighted by Gasteiger charge is -2.14. The van der Waals surface area contributed by atoms with Crippen LogP contribution in [0.2, 0.25) is 5.02 Å². The topological polar surface area (TPSA) is 73.9 Å². The van der Waals surface area contributed by atoms with Gasteiger partial charge in [0.25, 0.3) is 0 Å². The molecule has 0 bridgehead atoms. The zero-order chi connectivity index (χ0) is 18.8. The van der Waals surface area contributed by atoms with Gasteiger partial charge in [0.2, 0.25) is 5.91 Å². The van der Waals surface area contributed by atoms with Crippen LogP contribution in [-0.2, 0) is 14.3 Å². The van der Waals surface area contributed by atoms with Crippen molar-refractivity contribution in [2.45, 2.75) is 12.5 Å². The number of nitrogens with one attached hydrogen (secondary N) is 1. The van der Waals surface area contributed by atoms with Gasteiger partial charge in [-0.05, 0) is 42.2 Å². The Labute approximate surface area is 156 Å². The van der Waals surface area contributed by atoms with Crippen LogP contribution in [0.15, 0.2) is 18.2 Å². The minimum absolute atomic E-state index is 0.370. The number of thioether (sulfide) groups is 1. The molecule has 1 aromatic carbocycles. The average Bonchev–Trinajstić information content (AvgIpc) is 2.62. The van der Waals surface area contributed by atoms with Crippen LogP contribution < -0.4 is 14.8 Å². The smallest absolute Gasteiger partial charge is 0.328 e. The summed E-state index contributed by atoms with van der Waals surface area (Å²) in [5.74, 6) is 0.748. The number of hydrogen-bond donors (Lipinski definition) is 1. The number of hydrogen-bond acceptors (Lipinski definition) is 6. The number of halogens is 1. The Morgan fingerprint density at radius 2 is 2.00 bits per heavy atom. The third-order valence-corrected chi connectivity index (χ3v) is 4.22. The Kier molecular flexibility index (Phi) is 9.23. The van der Waals surface area contributed by atoms with Crippen molar-refractivity contribution in [3.63, 3.8) is 0 Å². The normalized spacial score (nSPS) is 11.9. The molecule has 0 heterocycles. The fraction of sp³-hybridized carbons (Fsp3) is 0.412. The molecular weight excluding hydrogens is 366 g/mol. The Balaban J connectivity index is 2.84. The molecule has 1 aromatic rings. The number of methoxy groups -OCH3 is 3. The molecule has 1 amide bonds. The summed E-state index contributed by atoms with van der Waals surface area (Å²) in [5, 5.41) is 3.01. The summed E-state index contributed by atoms with van der Waals surface area (Å²) < 4.78 is 15.1. The molecular formula is C17H22ClNO5S. The molecule has 1 rings (SSSR count). The lowest BCUT2D eigenvalue weighted by molar-refractivity contribution is -0.144. The maximum Gasteiger partial charge on any atom is 0.328 e. The molecule has 1 N–H and O–H groups in total. The average molecular weight is 388 g/mol. The molecule has 8 heteroatoms. The lowest BCUT2D eigenvalue weighted by Crippen LogP contribution is -2.41. The first-order valence-electron chi connectivity index (χ1n) is 7.43. The standard InChI is InChI=1S/C17H22ClNO5S/c1-22-14-10-11(9-12(18)16(14)23-2)5-6-15(20)19-13(7-8-25-4)17(21)24-3/h5-6,9-10,13H,7-8H2,1-4H3,(H,19,20)/b6-5+/t13-/m0/s1. The van der Waals surface area contributed by atoms with E-state index in [1.54, 1.807) is 30.0 Å². The summed E-state index contributed by atoms with van der Waals surface area (Å²) in [7, 11) is 4.29. The fourth-order valence-corrected chi connectivity index (χ4v) is 2.82. The third-order valence-electron chi connectivity index (χ3n) is 3.30. The first-order valence-corrected chi connectivity index (χ1v) is 9.20. The van der Waals surface area contributed by atoms with E-state index >= 15 is 0 Å². The van der Waals surface area contributed by atoms with Gasteiger partial charge in [0.05, 0.1) is 26.4 Å². The van der Waals surface area contributed by atoms with Crippen molar-refractivity contribution >= 4 is 41.3 Å². The fourth-order valence-electron chi connectivity index (χ4n) is 2.05. The molecule has 0 saturated heterocycles. The van der Waals surface area contributed by atoms with E-state index in [9.17, 15) is 9.59 Å². The molecule has 0 radical (unpaired) electrons. The quantitative estimate of drug-likeness (QED) is 0.518. The van der Waals surface area contributed by atoms with Gasteiger partial charge in [-0.1, -0.05) is 11.6 Å². The second kappa shape index (κ2) is 10.9. The van der Waals surface area contributed by atoms with Gasteiger partial charge in [0.1, 0.15) is 6.04 Å². The van der Waals surface area contributed by atoms with Crippen LogP contribution in [0, 0.1) is 0 Å². The van der Waals surface area contributed by atoms with E-state index < -0.39 is 17.9 Å². The van der Waals surface area contributed by atoms with Crippen LogP contribution in [-0.4, -0.2) is 51.3 Å². The van der Waals surface area contributed by atoms with Gasteiger partial charge in [-0.25, -0.2) is 4.79 Å².